The summed E-state index contributed by atoms with van der Waals surface area (Å²) in [4.78, 5) is 0. The molecule has 1 radical (unpaired) electrons. The van der Waals surface area contributed by atoms with E-state index in [1.54, 1.807) is 11.1 Å². The van der Waals surface area contributed by atoms with E-state index in [2.05, 4.69) is 29.6 Å². The van der Waals surface area contributed by atoms with Gasteiger partial charge in [0.2, 0.25) is 0 Å². The van der Waals surface area contributed by atoms with Gasteiger partial charge in [-0.15, -0.1) is 0 Å². The second kappa shape index (κ2) is 6.56. The molecular weight excluding hydrogens is 230 g/mol. The highest BCUT2D eigenvalue weighted by molar-refractivity contribution is 5.33. The zero-order valence-electron chi connectivity index (χ0n) is 12.0. The molecule has 0 spiro atoms. The lowest BCUT2D eigenvalue weighted by Gasteiger charge is -2.27. The number of piperidine rings is 1. The summed E-state index contributed by atoms with van der Waals surface area (Å²) in [7, 11) is 0. The fourth-order valence-electron chi connectivity index (χ4n) is 3.87. The van der Waals surface area contributed by atoms with Gasteiger partial charge in [0.25, 0.3) is 0 Å². The normalized spacial score (nSPS) is 23.2. The molecule has 1 heteroatoms. The van der Waals surface area contributed by atoms with Crippen molar-refractivity contribution in [3.05, 3.63) is 35.4 Å². The van der Waals surface area contributed by atoms with Crippen LogP contribution in [0.25, 0.3) is 0 Å². The van der Waals surface area contributed by atoms with Gasteiger partial charge in [-0.25, -0.2) is 0 Å². The molecule has 0 unspecified atom stereocenters. The van der Waals surface area contributed by atoms with Crippen molar-refractivity contribution in [3.8, 4) is 0 Å². The molecule has 0 aromatic heterocycles. The molecule has 1 aliphatic heterocycles. The third-order valence-corrected chi connectivity index (χ3v) is 4.96. The Kier molecular flexibility index (Phi) is 4.55. The molecule has 2 aliphatic rings. The molecule has 1 aliphatic carbocycles. The summed E-state index contributed by atoms with van der Waals surface area (Å²) in [6.45, 7) is 2.37. The van der Waals surface area contributed by atoms with Gasteiger partial charge in [0.1, 0.15) is 0 Å². The first-order valence-corrected chi connectivity index (χ1v) is 8.16. The van der Waals surface area contributed by atoms with Gasteiger partial charge in [0.15, 0.2) is 0 Å². The molecular formula is C18H26N. The van der Waals surface area contributed by atoms with Crippen molar-refractivity contribution in [2.24, 2.45) is 0 Å². The fraction of sp³-hybridized carbons (Fsp3) is 0.667. The Bertz CT molecular complexity index is 384. The van der Waals surface area contributed by atoms with E-state index in [9.17, 15) is 0 Å². The maximum Gasteiger partial charge on any atom is -0.00431 e. The highest BCUT2D eigenvalue weighted by atomic mass is 14.9. The number of hydrogen-bond donors (Lipinski definition) is 1. The Hall–Kier alpha value is -0.820. The van der Waals surface area contributed by atoms with E-state index < -0.39 is 0 Å². The molecule has 3 rings (SSSR count). The molecule has 0 amide bonds. The summed E-state index contributed by atoms with van der Waals surface area (Å²) in [5, 5.41) is 3.48. The lowest BCUT2D eigenvalue weighted by atomic mass is 9.81. The minimum absolute atomic E-state index is 0.775. The first kappa shape index (κ1) is 13.2. The van der Waals surface area contributed by atoms with Crippen LogP contribution in [0, 0.1) is 6.07 Å². The lowest BCUT2D eigenvalue weighted by molar-refractivity contribution is 0.453. The predicted octanol–water partition coefficient (Wildman–Crippen LogP) is 4.39. The van der Waals surface area contributed by atoms with Crippen LogP contribution in [0.3, 0.4) is 0 Å². The maximum atomic E-state index is 3.61. The third-order valence-electron chi connectivity index (χ3n) is 4.96. The van der Waals surface area contributed by atoms with Crippen LogP contribution in [0.15, 0.2) is 18.2 Å². The molecule has 1 aromatic rings. The second-order valence-corrected chi connectivity index (χ2v) is 6.25. The van der Waals surface area contributed by atoms with E-state index in [0.29, 0.717) is 0 Å². The summed E-state index contributed by atoms with van der Waals surface area (Å²) < 4.78 is 0. The van der Waals surface area contributed by atoms with Gasteiger partial charge >= 0.3 is 0 Å². The Morgan fingerprint density at radius 3 is 2.37 bits per heavy atom. The van der Waals surface area contributed by atoms with Crippen molar-refractivity contribution in [1.29, 1.82) is 0 Å². The average molecular weight is 256 g/mol. The van der Waals surface area contributed by atoms with E-state index in [4.69, 9.17) is 0 Å². The predicted molar refractivity (Wildman–Crippen MR) is 80.6 cm³/mol. The smallest absolute Gasteiger partial charge is 0.00431 e. The van der Waals surface area contributed by atoms with Crippen LogP contribution in [0.4, 0.5) is 0 Å². The molecule has 1 nitrogen and oxygen atoms in total. The summed E-state index contributed by atoms with van der Waals surface area (Å²) in [6, 6.07) is 10.3. The molecule has 103 valence electrons. The van der Waals surface area contributed by atoms with Crippen molar-refractivity contribution in [2.45, 2.75) is 63.2 Å². The van der Waals surface area contributed by atoms with E-state index in [0.717, 1.165) is 11.8 Å². The zero-order chi connectivity index (χ0) is 12.9. The molecule has 0 bridgehead atoms. The lowest BCUT2D eigenvalue weighted by Crippen LogP contribution is -2.27. The first-order chi connectivity index (χ1) is 9.45. The van der Waals surface area contributed by atoms with Crippen molar-refractivity contribution < 1.29 is 0 Å². The first-order valence-electron chi connectivity index (χ1n) is 8.16. The van der Waals surface area contributed by atoms with Crippen LogP contribution in [0.1, 0.15) is 74.3 Å². The average Bonchev–Trinajstić information content (AvgIpc) is 2.77. The molecule has 0 atom stereocenters. The number of hydrogen-bond acceptors (Lipinski definition) is 1. The van der Waals surface area contributed by atoms with Crippen molar-refractivity contribution >= 4 is 0 Å². The van der Waals surface area contributed by atoms with Crippen molar-refractivity contribution in [1.82, 2.24) is 5.32 Å². The molecule has 1 saturated heterocycles. The van der Waals surface area contributed by atoms with Gasteiger partial charge in [-0.1, -0.05) is 43.9 Å². The maximum absolute atomic E-state index is 3.61. The van der Waals surface area contributed by atoms with Crippen LogP contribution >= 0.6 is 0 Å². The topological polar surface area (TPSA) is 12.0 Å². The molecule has 2 fully saturated rings. The second-order valence-electron chi connectivity index (χ2n) is 6.25. The van der Waals surface area contributed by atoms with E-state index in [1.807, 2.05) is 0 Å². The molecule has 19 heavy (non-hydrogen) atoms. The van der Waals surface area contributed by atoms with Crippen LogP contribution in [0.2, 0.25) is 0 Å². The van der Waals surface area contributed by atoms with E-state index >= 15 is 0 Å². The number of rotatable bonds is 2. The van der Waals surface area contributed by atoms with Crippen LogP contribution in [0.5, 0.6) is 0 Å². The number of nitrogens with one attached hydrogen (secondary N) is 1. The van der Waals surface area contributed by atoms with Crippen LogP contribution in [-0.2, 0) is 0 Å². The quantitative estimate of drug-likeness (QED) is 0.774. The minimum atomic E-state index is 0.775. The van der Waals surface area contributed by atoms with Gasteiger partial charge < -0.3 is 5.32 Å². The minimum Gasteiger partial charge on any atom is -0.317 e. The molecule has 1 saturated carbocycles. The standard InChI is InChI=1S/C18H26N/c1-2-4-8-15(7-3-1)17-9-5-6-10-18(17)16-11-13-19-14-12-16/h5-6,10,15-16,19H,1-4,7-8,11-14H2. The summed E-state index contributed by atoms with van der Waals surface area (Å²) in [6.07, 6.45) is 11.1. The highest BCUT2D eigenvalue weighted by Gasteiger charge is 2.22. The zero-order valence-corrected chi connectivity index (χ0v) is 12.0. The summed E-state index contributed by atoms with van der Waals surface area (Å²) in [5.41, 5.74) is 3.19. The number of benzene rings is 1. The molecule has 1 heterocycles. The highest BCUT2D eigenvalue weighted by Crippen LogP contribution is 2.37. The van der Waals surface area contributed by atoms with E-state index in [1.165, 1.54) is 64.5 Å². The van der Waals surface area contributed by atoms with Crippen molar-refractivity contribution in [2.75, 3.05) is 13.1 Å². The van der Waals surface area contributed by atoms with Crippen molar-refractivity contribution in [3.63, 3.8) is 0 Å². The molecule has 1 N–H and O–H groups in total. The van der Waals surface area contributed by atoms with Gasteiger partial charge in [0, 0.05) is 0 Å². The SMILES string of the molecule is [c]1cccc(C2CCNCC2)c1C1CCCCCC1. The third kappa shape index (κ3) is 3.20. The largest absolute Gasteiger partial charge is 0.317 e. The fourth-order valence-corrected chi connectivity index (χ4v) is 3.87. The Labute approximate surface area is 117 Å². The van der Waals surface area contributed by atoms with Gasteiger partial charge in [-0.05, 0) is 67.8 Å². The Morgan fingerprint density at radius 2 is 1.63 bits per heavy atom. The Balaban J connectivity index is 1.83. The van der Waals surface area contributed by atoms with Crippen LogP contribution < -0.4 is 5.32 Å². The van der Waals surface area contributed by atoms with Gasteiger partial charge in [-0.3, -0.25) is 0 Å². The summed E-state index contributed by atoms with van der Waals surface area (Å²) >= 11 is 0. The van der Waals surface area contributed by atoms with Gasteiger partial charge in [-0.2, -0.15) is 0 Å². The van der Waals surface area contributed by atoms with Crippen LogP contribution in [-0.4, -0.2) is 13.1 Å². The van der Waals surface area contributed by atoms with E-state index in [-0.39, 0.29) is 0 Å². The van der Waals surface area contributed by atoms with Gasteiger partial charge in [0.05, 0.1) is 0 Å². The Morgan fingerprint density at radius 1 is 0.895 bits per heavy atom. The summed E-state index contributed by atoms with van der Waals surface area (Å²) in [5.74, 6) is 1.56. The monoisotopic (exact) mass is 256 g/mol. The molecule has 1 aromatic carbocycles.